The predicted molar refractivity (Wildman–Crippen MR) is 115 cm³/mol. The van der Waals surface area contributed by atoms with Crippen molar-refractivity contribution in [2.75, 3.05) is 20.3 Å². The third-order valence-corrected chi connectivity index (χ3v) is 4.62. The molecule has 3 rings (SSSR count). The van der Waals surface area contributed by atoms with Gasteiger partial charge >= 0.3 is 11.9 Å². The summed E-state index contributed by atoms with van der Waals surface area (Å²) < 4.78 is 21.6. The molecule has 0 amide bonds. The van der Waals surface area contributed by atoms with Crippen LogP contribution in [0, 0.1) is 6.92 Å². The number of nitrogens with zero attached hydrogens (tertiary/aromatic N) is 1. The number of carbonyl (C=O) groups is 2. The Morgan fingerprint density at radius 1 is 0.903 bits per heavy atom. The highest BCUT2D eigenvalue weighted by Crippen LogP contribution is 2.35. The van der Waals surface area contributed by atoms with Gasteiger partial charge in [0.05, 0.1) is 20.3 Å². The van der Waals surface area contributed by atoms with Crippen LogP contribution in [0.1, 0.15) is 31.0 Å². The Kier molecular flexibility index (Phi) is 7.07. The lowest BCUT2D eigenvalue weighted by atomic mass is 10.00. The smallest absolute Gasteiger partial charge is 0.326 e. The van der Waals surface area contributed by atoms with E-state index in [0.29, 0.717) is 22.6 Å². The predicted octanol–water partition coefficient (Wildman–Crippen LogP) is 4.54. The van der Waals surface area contributed by atoms with Crippen molar-refractivity contribution in [1.29, 1.82) is 0 Å². The van der Waals surface area contributed by atoms with Crippen LogP contribution in [0.4, 0.5) is 0 Å². The molecule has 0 atom stereocenters. The molecule has 2 aromatic carbocycles. The molecule has 0 aliphatic carbocycles. The van der Waals surface area contributed by atoms with Crippen molar-refractivity contribution in [2.45, 2.75) is 26.7 Å². The van der Waals surface area contributed by atoms with Gasteiger partial charge in [-0.3, -0.25) is 9.59 Å². The first-order valence-corrected chi connectivity index (χ1v) is 10.0. The second-order valence-corrected chi connectivity index (χ2v) is 6.77. The summed E-state index contributed by atoms with van der Waals surface area (Å²) in [7, 11) is 1.58. The van der Waals surface area contributed by atoms with Gasteiger partial charge in [-0.2, -0.15) is 0 Å². The Morgan fingerprint density at radius 2 is 1.45 bits per heavy atom. The molecule has 0 saturated carbocycles. The Hall–Kier alpha value is -3.61. The van der Waals surface area contributed by atoms with Crippen LogP contribution in [0.3, 0.4) is 0 Å². The fraction of sp³-hybridized carbons (Fsp3) is 0.292. The monoisotopic (exact) mass is 423 g/mol. The molecule has 0 spiro atoms. The quantitative estimate of drug-likeness (QED) is 0.388. The average molecular weight is 423 g/mol. The van der Waals surface area contributed by atoms with E-state index in [1.54, 1.807) is 45.2 Å². The van der Waals surface area contributed by atoms with Gasteiger partial charge in [0, 0.05) is 11.1 Å². The summed E-state index contributed by atoms with van der Waals surface area (Å²) in [5.41, 5.74) is 2.58. The molecule has 31 heavy (non-hydrogen) atoms. The van der Waals surface area contributed by atoms with Gasteiger partial charge in [-0.15, -0.1) is 0 Å². The third kappa shape index (κ3) is 4.94. The molecule has 0 fully saturated rings. The van der Waals surface area contributed by atoms with E-state index in [0.717, 1.165) is 5.56 Å². The summed E-state index contributed by atoms with van der Waals surface area (Å²) in [5, 5.41) is 0. The van der Waals surface area contributed by atoms with Crippen LogP contribution in [0.2, 0.25) is 0 Å². The van der Waals surface area contributed by atoms with Crippen molar-refractivity contribution >= 4 is 11.9 Å². The van der Waals surface area contributed by atoms with E-state index in [2.05, 4.69) is 4.98 Å². The van der Waals surface area contributed by atoms with E-state index in [1.807, 2.05) is 31.2 Å². The first kappa shape index (κ1) is 22.1. The number of esters is 2. The van der Waals surface area contributed by atoms with E-state index < -0.39 is 17.9 Å². The van der Waals surface area contributed by atoms with Gasteiger partial charge in [-0.25, -0.2) is 4.98 Å². The average Bonchev–Trinajstić information content (AvgIpc) is 3.19. The zero-order chi connectivity index (χ0) is 22.4. The molecule has 7 heteroatoms. The SMILES string of the molecule is CCOC(=O)C(C(=O)OCC)c1nc(-c2ccc(OC)cc2)oc1-c1ccc(C)cc1. The zero-order valence-electron chi connectivity index (χ0n) is 18.0. The van der Waals surface area contributed by atoms with Crippen molar-refractivity contribution in [3.8, 4) is 28.5 Å². The number of aryl methyl sites for hydroxylation is 1. The van der Waals surface area contributed by atoms with E-state index in [4.69, 9.17) is 18.6 Å². The number of benzene rings is 2. The molecule has 0 bridgehead atoms. The van der Waals surface area contributed by atoms with Gasteiger partial charge in [0.1, 0.15) is 11.4 Å². The summed E-state index contributed by atoms with van der Waals surface area (Å²) >= 11 is 0. The fourth-order valence-electron chi connectivity index (χ4n) is 3.07. The molecule has 0 N–H and O–H groups in total. The molecule has 3 aromatic rings. The van der Waals surface area contributed by atoms with Gasteiger partial charge in [-0.1, -0.05) is 29.8 Å². The Morgan fingerprint density at radius 3 is 1.97 bits per heavy atom. The van der Waals surface area contributed by atoms with E-state index in [-0.39, 0.29) is 24.8 Å². The second kappa shape index (κ2) is 9.93. The number of carbonyl (C=O) groups excluding carboxylic acids is 2. The van der Waals surface area contributed by atoms with Crippen LogP contribution in [0.25, 0.3) is 22.8 Å². The normalized spacial score (nSPS) is 10.7. The standard InChI is InChI=1S/C24H25NO6/c1-5-29-23(26)19(24(27)30-6-2)20-21(16-9-7-15(3)8-10-16)31-22(25-20)17-11-13-18(28-4)14-12-17/h7-14,19H,5-6H2,1-4H3. The number of ether oxygens (including phenoxy) is 3. The molecule has 7 nitrogen and oxygen atoms in total. The van der Waals surface area contributed by atoms with Crippen LogP contribution in [-0.4, -0.2) is 37.2 Å². The lowest BCUT2D eigenvalue weighted by Gasteiger charge is -2.13. The van der Waals surface area contributed by atoms with Crippen molar-refractivity contribution in [3.63, 3.8) is 0 Å². The highest BCUT2D eigenvalue weighted by Gasteiger charge is 2.37. The van der Waals surface area contributed by atoms with Gasteiger partial charge in [-0.05, 0) is 45.0 Å². The molecule has 1 heterocycles. The molecule has 0 saturated heterocycles. The van der Waals surface area contributed by atoms with Crippen molar-refractivity contribution < 1.29 is 28.2 Å². The first-order chi connectivity index (χ1) is 15.0. The number of hydrogen-bond acceptors (Lipinski definition) is 7. The molecular weight excluding hydrogens is 398 g/mol. The minimum atomic E-state index is -1.35. The highest BCUT2D eigenvalue weighted by atomic mass is 16.6. The van der Waals surface area contributed by atoms with Crippen molar-refractivity contribution in [3.05, 3.63) is 59.8 Å². The minimum Gasteiger partial charge on any atom is -0.497 e. The van der Waals surface area contributed by atoms with E-state index in [1.165, 1.54) is 0 Å². The van der Waals surface area contributed by atoms with Crippen LogP contribution in [0.5, 0.6) is 5.75 Å². The summed E-state index contributed by atoms with van der Waals surface area (Å²) in [6.07, 6.45) is 0. The number of hydrogen-bond donors (Lipinski definition) is 0. The topological polar surface area (TPSA) is 87.9 Å². The molecule has 0 radical (unpaired) electrons. The maximum Gasteiger partial charge on any atom is 0.326 e. The first-order valence-electron chi connectivity index (χ1n) is 10.0. The summed E-state index contributed by atoms with van der Waals surface area (Å²) in [6, 6.07) is 14.7. The Labute approximate surface area is 181 Å². The van der Waals surface area contributed by atoms with Crippen LogP contribution in [0.15, 0.2) is 52.9 Å². The van der Waals surface area contributed by atoms with E-state index >= 15 is 0 Å². The van der Waals surface area contributed by atoms with Gasteiger partial charge in [0.25, 0.3) is 0 Å². The number of aromatic nitrogens is 1. The lowest BCUT2D eigenvalue weighted by Crippen LogP contribution is -2.27. The van der Waals surface area contributed by atoms with Crippen molar-refractivity contribution in [2.24, 2.45) is 0 Å². The Balaban J connectivity index is 2.16. The highest BCUT2D eigenvalue weighted by molar-refractivity contribution is 6.01. The minimum absolute atomic E-state index is 0.123. The molecule has 162 valence electrons. The molecular formula is C24H25NO6. The number of rotatable bonds is 8. The molecule has 0 unspecified atom stereocenters. The van der Waals surface area contributed by atoms with E-state index in [9.17, 15) is 9.59 Å². The fourth-order valence-corrected chi connectivity index (χ4v) is 3.07. The van der Waals surface area contributed by atoms with Crippen LogP contribution in [-0.2, 0) is 19.1 Å². The second-order valence-electron chi connectivity index (χ2n) is 6.77. The summed E-state index contributed by atoms with van der Waals surface area (Å²) in [4.78, 5) is 29.9. The number of methoxy groups -OCH3 is 1. The Bertz CT molecular complexity index is 1020. The molecule has 0 aliphatic rings. The van der Waals surface area contributed by atoms with Gasteiger partial charge in [0.15, 0.2) is 11.7 Å². The lowest BCUT2D eigenvalue weighted by molar-refractivity contribution is -0.157. The molecule has 1 aromatic heterocycles. The third-order valence-electron chi connectivity index (χ3n) is 4.62. The maximum absolute atomic E-state index is 12.7. The number of oxazole rings is 1. The van der Waals surface area contributed by atoms with Crippen molar-refractivity contribution in [1.82, 2.24) is 4.98 Å². The largest absolute Gasteiger partial charge is 0.497 e. The van der Waals surface area contributed by atoms with Crippen LogP contribution < -0.4 is 4.74 Å². The van der Waals surface area contributed by atoms with Gasteiger partial charge in [0.2, 0.25) is 5.89 Å². The summed E-state index contributed by atoms with van der Waals surface area (Å²) in [5.74, 6) is -1.55. The van der Waals surface area contributed by atoms with Crippen LogP contribution >= 0.6 is 0 Å². The maximum atomic E-state index is 12.7. The van der Waals surface area contributed by atoms with Gasteiger partial charge < -0.3 is 18.6 Å². The molecule has 0 aliphatic heterocycles. The summed E-state index contributed by atoms with van der Waals surface area (Å²) in [6.45, 7) is 5.56. The zero-order valence-corrected chi connectivity index (χ0v) is 18.0.